The van der Waals surface area contributed by atoms with Crippen LogP contribution >= 0.6 is 0 Å². The predicted molar refractivity (Wildman–Crippen MR) is 118 cm³/mol. The second kappa shape index (κ2) is 6.58. The third-order valence-electron chi connectivity index (χ3n) is 5.41. The van der Waals surface area contributed by atoms with E-state index in [-0.39, 0.29) is 0 Å². The number of nitrogens with zero attached hydrogens (tertiary/aromatic N) is 1. The maximum Gasteiger partial charge on any atom is 0.138 e. The van der Waals surface area contributed by atoms with Crippen LogP contribution in [0.15, 0.2) is 95.4 Å². The molecule has 136 valence electrons. The van der Waals surface area contributed by atoms with Crippen LogP contribution in [0.4, 0.5) is 11.4 Å². The molecule has 4 aromatic carbocycles. The minimum absolute atomic E-state index is 0.922. The smallest absolute Gasteiger partial charge is 0.138 e. The van der Waals surface area contributed by atoms with Gasteiger partial charge < -0.3 is 9.32 Å². The van der Waals surface area contributed by atoms with Crippen molar-refractivity contribution >= 4 is 33.3 Å². The van der Waals surface area contributed by atoms with Crippen LogP contribution < -0.4 is 4.90 Å². The average molecular weight is 363 g/mol. The Morgan fingerprint density at radius 3 is 2.25 bits per heavy atom. The van der Waals surface area contributed by atoms with Crippen molar-refractivity contribution in [2.24, 2.45) is 0 Å². The molecule has 2 nitrogen and oxygen atoms in total. The van der Waals surface area contributed by atoms with Gasteiger partial charge in [-0.2, -0.15) is 0 Å². The maximum absolute atomic E-state index is 6.20. The molecule has 0 amide bonds. The van der Waals surface area contributed by atoms with Gasteiger partial charge in [0.2, 0.25) is 0 Å². The third kappa shape index (κ3) is 2.57. The molecule has 5 aromatic rings. The minimum Gasteiger partial charge on any atom is -0.456 e. The van der Waals surface area contributed by atoms with Crippen LogP contribution in [0.25, 0.3) is 33.1 Å². The monoisotopic (exact) mass is 363 g/mol. The average Bonchev–Trinajstić information content (AvgIpc) is 3.14. The summed E-state index contributed by atoms with van der Waals surface area (Å²) in [6, 6.07) is 31.7. The molecular formula is C26H21NO. The lowest BCUT2D eigenvalue weighted by Gasteiger charge is -2.23. The van der Waals surface area contributed by atoms with Crippen molar-refractivity contribution in [1.82, 2.24) is 0 Å². The number of aryl methyl sites for hydroxylation is 1. The van der Waals surface area contributed by atoms with Crippen molar-refractivity contribution in [3.8, 4) is 11.1 Å². The summed E-state index contributed by atoms with van der Waals surface area (Å²) in [6.07, 6.45) is 0. The lowest BCUT2D eigenvalue weighted by molar-refractivity contribution is 0.666. The lowest BCUT2D eigenvalue weighted by Crippen LogP contribution is -2.10. The summed E-state index contributed by atoms with van der Waals surface area (Å²) in [4.78, 5) is 2.27. The molecule has 0 aliphatic carbocycles. The quantitative estimate of drug-likeness (QED) is 0.334. The summed E-state index contributed by atoms with van der Waals surface area (Å²) in [5.74, 6) is 0. The largest absolute Gasteiger partial charge is 0.456 e. The Kier molecular flexibility index (Phi) is 3.91. The lowest BCUT2D eigenvalue weighted by atomic mass is 10.0. The van der Waals surface area contributed by atoms with Crippen molar-refractivity contribution < 1.29 is 4.42 Å². The van der Waals surface area contributed by atoms with Crippen LogP contribution in [0, 0.1) is 6.92 Å². The summed E-state index contributed by atoms with van der Waals surface area (Å²) >= 11 is 0. The van der Waals surface area contributed by atoms with Gasteiger partial charge in [-0.25, -0.2) is 0 Å². The van der Waals surface area contributed by atoms with Gasteiger partial charge in [-0.1, -0.05) is 72.8 Å². The van der Waals surface area contributed by atoms with Gasteiger partial charge in [-0.05, 0) is 36.2 Å². The van der Waals surface area contributed by atoms with Crippen molar-refractivity contribution in [3.63, 3.8) is 0 Å². The van der Waals surface area contributed by atoms with Crippen molar-refractivity contribution in [2.45, 2.75) is 6.92 Å². The number of para-hydroxylation sites is 2. The molecule has 0 saturated carbocycles. The highest BCUT2D eigenvalue weighted by molar-refractivity contribution is 6.13. The van der Waals surface area contributed by atoms with Gasteiger partial charge in [0.15, 0.2) is 0 Å². The first-order valence-corrected chi connectivity index (χ1v) is 9.53. The Morgan fingerprint density at radius 1 is 0.679 bits per heavy atom. The highest BCUT2D eigenvalue weighted by Crippen LogP contribution is 2.41. The van der Waals surface area contributed by atoms with E-state index in [9.17, 15) is 0 Å². The number of hydrogen-bond donors (Lipinski definition) is 0. The molecule has 0 radical (unpaired) electrons. The second-order valence-corrected chi connectivity index (χ2v) is 7.15. The van der Waals surface area contributed by atoms with Gasteiger partial charge >= 0.3 is 0 Å². The van der Waals surface area contributed by atoms with E-state index < -0.39 is 0 Å². The summed E-state index contributed by atoms with van der Waals surface area (Å²) in [7, 11) is 2.13. The second-order valence-electron chi connectivity index (χ2n) is 7.15. The predicted octanol–water partition coefficient (Wildman–Crippen LogP) is 7.33. The van der Waals surface area contributed by atoms with Gasteiger partial charge in [-0.3, -0.25) is 0 Å². The fourth-order valence-corrected chi connectivity index (χ4v) is 4.01. The Hall–Kier alpha value is -3.52. The topological polar surface area (TPSA) is 16.4 Å². The van der Waals surface area contributed by atoms with E-state index in [1.165, 1.54) is 16.8 Å². The first kappa shape index (κ1) is 16.6. The zero-order chi connectivity index (χ0) is 19.1. The fraction of sp³-hybridized carbons (Fsp3) is 0.0769. The van der Waals surface area contributed by atoms with E-state index >= 15 is 0 Å². The summed E-state index contributed by atoms with van der Waals surface area (Å²) in [5.41, 5.74) is 7.79. The highest BCUT2D eigenvalue weighted by atomic mass is 16.3. The number of benzene rings is 4. The number of furan rings is 1. The van der Waals surface area contributed by atoms with Gasteiger partial charge in [-0.15, -0.1) is 0 Å². The Bertz CT molecular complexity index is 1280. The molecule has 2 heteroatoms. The number of anilines is 2. The molecule has 5 rings (SSSR count). The number of rotatable bonds is 3. The fourth-order valence-electron chi connectivity index (χ4n) is 4.01. The van der Waals surface area contributed by atoms with Crippen LogP contribution in [-0.2, 0) is 0 Å². The molecule has 0 saturated heterocycles. The SMILES string of the molecule is Cc1cccc2c1oc1cccc(N(C)c3ccccc3-c3ccccc3)c12. The Balaban J connectivity index is 1.74. The van der Waals surface area contributed by atoms with E-state index in [4.69, 9.17) is 4.42 Å². The molecule has 1 aromatic heterocycles. The molecule has 0 aliphatic rings. The van der Waals surface area contributed by atoms with Crippen LogP contribution in [0.5, 0.6) is 0 Å². The normalized spacial score (nSPS) is 11.2. The van der Waals surface area contributed by atoms with E-state index in [2.05, 4.69) is 110 Å². The van der Waals surface area contributed by atoms with Gasteiger partial charge in [0.25, 0.3) is 0 Å². The molecular weight excluding hydrogens is 342 g/mol. The molecule has 1 heterocycles. The first-order valence-electron chi connectivity index (χ1n) is 9.53. The molecule has 0 unspecified atom stereocenters. The zero-order valence-corrected chi connectivity index (χ0v) is 16.0. The maximum atomic E-state index is 6.20. The van der Waals surface area contributed by atoms with Crippen molar-refractivity contribution in [2.75, 3.05) is 11.9 Å². The standard InChI is InChI=1S/C26H21NO/c1-18-10-8-14-21-25-23(16-9-17-24(25)28-26(18)21)27(2)22-15-7-6-13-20(22)19-11-4-3-5-12-19/h3-17H,1-2H3. The van der Waals surface area contributed by atoms with Gasteiger partial charge in [0, 0.05) is 23.7 Å². The van der Waals surface area contributed by atoms with Gasteiger partial charge in [0.1, 0.15) is 11.2 Å². The third-order valence-corrected chi connectivity index (χ3v) is 5.41. The molecule has 0 spiro atoms. The van der Waals surface area contributed by atoms with Crippen molar-refractivity contribution in [3.05, 3.63) is 96.6 Å². The molecule has 0 aliphatic heterocycles. The zero-order valence-electron chi connectivity index (χ0n) is 16.0. The summed E-state index contributed by atoms with van der Waals surface area (Å²) in [5, 5.41) is 2.32. The van der Waals surface area contributed by atoms with E-state index in [0.29, 0.717) is 0 Å². The summed E-state index contributed by atoms with van der Waals surface area (Å²) in [6.45, 7) is 2.10. The van der Waals surface area contributed by atoms with Crippen molar-refractivity contribution in [1.29, 1.82) is 0 Å². The van der Waals surface area contributed by atoms with E-state index in [1.54, 1.807) is 0 Å². The molecule has 28 heavy (non-hydrogen) atoms. The molecule has 0 fully saturated rings. The number of hydrogen-bond acceptors (Lipinski definition) is 2. The summed E-state index contributed by atoms with van der Waals surface area (Å²) < 4.78 is 6.20. The molecule has 0 N–H and O–H groups in total. The van der Waals surface area contributed by atoms with E-state index in [0.717, 1.165) is 33.2 Å². The highest BCUT2D eigenvalue weighted by Gasteiger charge is 2.17. The first-order chi connectivity index (χ1) is 13.7. The van der Waals surface area contributed by atoms with Crippen LogP contribution in [-0.4, -0.2) is 7.05 Å². The Labute approximate surface area is 164 Å². The van der Waals surface area contributed by atoms with Crippen LogP contribution in [0.3, 0.4) is 0 Å². The Morgan fingerprint density at radius 2 is 1.39 bits per heavy atom. The van der Waals surface area contributed by atoms with Crippen LogP contribution in [0.1, 0.15) is 5.56 Å². The molecule has 0 bridgehead atoms. The van der Waals surface area contributed by atoms with E-state index in [1.807, 2.05) is 0 Å². The van der Waals surface area contributed by atoms with Gasteiger partial charge in [0.05, 0.1) is 11.1 Å². The number of fused-ring (bicyclic) bond motifs is 3. The minimum atomic E-state index is 0.922. The van der Waals surface area contributed by atoms with Crippen LogP contribution in [0.2, 0.25) is 0 Å². The molecule has 0 atom stereocenters.